The van der Waals surface area contributed by atoms with Crippen molar-refractivity contribution in [2.24, 2.45) is 11.8 Å². The maximum Gasteiger partial charge on any atom is 0.405 e. The Balaban J connectivity index is 1.75. The van der Waals surface area contributed by atoms with E-state index in [1.54, 1.807) is 18.3 Å². The second-order valence-corrected chi connectivity index (χ2v) is 10.5. The molecule has 0 bridgehead atoms. The Hall–Kier alpha value is -2.40. The summed E-state index contributed by atoms with van der Waals surface area (Å²) in [6, 6.07) is 0. The second-order valence-electron chi connectivity index (χ2n) is 9.38. The van der Waals surface area contributed by atoms with Crippen molar-refractivity contribution >= 4 is 29.2 Å². The maximum absolute atomic E-state index is 12.8. The number of alkyl halides is 3. The molecule has 0 saturated heterocycles. The molecule has 2 aromatic rings. The standard InChI is InChI=1S/C23H31F3N6OS/c1-12-14(10-33)7-8-22(12,3)32-19-18(13(2)29-21(31-19)28-11-23(24,25)26)20-30-16-9-15(27-4)5-6-17(16)34-20/h9,12,14,27,33H,5-8,10-11H2,1-4H3,(H2,28,29,31,32)/t12-,14-,22+/m1/s1. The number of nitrogens with zero attached hydrogens (tertiary/aromatic N) is 3. The lowest BCUT2D eigenvalue weighted by atomic mass is 9.86. The molecule has 0 radical (unpaired) electrons. The van der Waals surface area contributed by atoms with E-state index in [-0.39, 0.29) is 29.9 Å². The number of aromatic nitrogens is 3. The van der Waals surface area contributed by atoms with Gasteiger partial charge >= 0.3 is 6.18 Å². The SMILES string of the molecule is CNC1=Cc2nc(-c3c(C)nc(NCC(F)(F)F)nc3N[C@@]3(C)CC[C@H](CO)[C@H]3C)sc2CC1. The van der Waals surface area contributed by atoms with Gasteiger partial charge in [-0.25, -0.2) is 9.97 Å². The molecule has 11 heteroatoms. The van der Waals surface area contributed by atoms with E-state index in [1.165, 1.54) is 4.88 Å². The summed E-state index contributed by atoms with van der Waals surface area (Å²) < 4.78 is 38.5. The molecule has 1 fully saturated rings. The molecular weight excluding hydrogens is 465 g/mol. The summed E-state index contributed by atoms with van der Waals surface area (Å²) >= 11 is 1.57. The topological polar surface area (TPSA) is 95.0 Å². The van der Waals surface area contributed by atoms with Gasteiger partial charge in [0.05, 0.1) is 17.0 Å². The Morgan fingerprint density at radius 3 is 2.65 bits per heavy atom. The van der Waals surface area contributed by atoms with Crippen molar-refractivity contribution in [3.63, 3.8) is 0 Å². The zero-order valence-corrected chi connectivity index (χ0v) is 20.6. The van der Waals surface area contributed by atoms with Crippen LogP contribution in [-0.4, -0.2) is 52.0 Å². The molecule has 0 aliphatic heterocycles. The summed E-state index contributed by atoms with van der Waals surface area (Å²) in [5.41, 5.74) is 2.90. The maximum atomic E-state index is 12.8. The number of rotatable bonds is 7. The number of halogens is 3. The molecule has 186 valence electrons. The van der Waals surface area contributed by atoms with Crippen LogP contribution in [0.4, 0.5) is 24.9 Å². The van der Waals surface area contributed by atoms with Crippen LogP contribution in [0.3, 0.4) is 0 Å². The molecule has 3 atom stereocenters. The quantitative estimate of drug-likeness (QED) is 0.445. The molecule has 0 unspecified atom stereocenters. The zero-order valence-electron chi connectivity index (χ0n) is 19.8. The summed E-state index contributed by atoms with van der Waals surface area (Å²) in [7, 11) is 1.89. The van der Waals surface area contributed by atoms with E-state index in [2.05, 4.69) is 39.8 Å². The molecule has 2 aliphatic carbocycles. The van der Waals surface area contributed by atoms with Crippen molar-refractivity contribution in [3.05, 3.63) is 22.0 Å². The predicted octanol–water partition coefficient (Wildman–Crippen LogP) is 4.60. The fourth-order valence-corrected chi connectivity index (χ4v) is 5.94. The van der Waals surface area contributed by atoms with Crippen molar-refractivity contribution in [1.29, 1.82) is 0 Å². The number of nitrogens with one attached hydrogen (secondary N) is 3. The molecular formula is C23H31F3N6OS. The van der Waals surface area contributed by atoms with Gasteiger partial charge in [0, 0.05) is 29.8 Å². The number of fused-ring (bicyclic) bond motifs is 1. The molecule has 1 saturated carbocycles. The highest BCUT2D eigenvalue weighted by molar-refractivity contribution is 7.15. The molecule has 2 heterocycles. The van der Waals surface area contributed by atoms with Gasteiger partial charge in [0.15, 0.2) is 0 Å². The Labute approximate surface area is 201 Å². The van der Waals surface area contributed by atoms with Crippen LogP contribution in [0.15, 0.2) is 5.70 Å². The lowest BCUT2D eigenvalue weighted by molar-refractivity contribution is -0.115. The number of hydrogen-bond donors (Lipinski definition) is 4. The first-order valence-corrected chi connectivity index (χ1v) is 12.3. The molecule has 7 nitrogen and oxygen atoms in total. The third-order valence-corrected chi connectivity index (χ3v) is 8.27. The van der Waals surface area contributed by atoms with Crippen LogP contribution in [-0.2, 0) is 6.42 Å². The van der Waals surface area contributed by atoms with Gasteiger partial charge in [-0.1, -0.05) is 6.92 Å². The first-order chi connectivity index (χ1) is 16.0. The monoisotopic (exact) mass is 496 g/mol. The van der Waals surface area contributed by atoms with Crippen LogP contribution in [0.25, 0.3) is 16.6 Å². The van der Waals surface area contributed by atoms with Crippen molar-refractivity contribution in [2.45, 2.75) is 58.2 Å². The Bertz CT molecular complexity index is 1090. The third-order valence-electron chi connectivity index (χ3n) is 7.12. The van der Waals surface area contributed by atoms with Crippen molar-refractivity contribution in [3.8, 4) is 10.6 Å². The largest absolute Gasteiger partial charge is 0.405 e. The van der Waals surface area contributed by atoms with E-state index in [4.69, 9.17) is 4.98 Å². The van der Waals surface area contributed by atoms with E-state index in [0.29, 0.717) is 17.1 Å². The highest BCUT2D eigenvalue weighted by Crippen LogP contribution is 2.44. The summed E-state index contributed by atoms with van der Waals surface area (Å²) in [6.45, 7) is 4.82. The predicted molar refractivity (Wildman–Crippen MR) is 129 cm³/mol. The van der Waals surface area contributed by atoms with Gasteiger partial charge in [0.2, 0.25) is 5.95 Å². The lowest BCUT2D eigenvalue weighted by Crippen LogP contribution is -2.40. The Morgan fingerprint density at radius 2 is 2.00 bits per heavy atom. The Kier molecular flexibility index (Phi) is 6.78. The lowest BCUT2D eigenvalue weighted by Gasteiger charge is -2.34. The van der Waals surface area contributed by atoms with Gasteiger partial charge in [-0.15, -0.1) is 11.3 Å². The molecule has 34 heavy (non-hydrogen) atoms. The number of hydrogen-bond acceptors (Lipinski definition) is 8. The smallest absolute Gasteiger partial charge is 0.396 e. The minimum Gasteiger partial charge on any atom is -0.396 e. The minimum absolute atomic E-state index is 0.0762. The number of aliphatic hydroxyl groups is 1. The van der Waals surface area contributed by atoms with Gasteiger partial charge in [0.1, 0.15) is 17.4 Å². The van der Waals surface area contributed by atoms with E-state index >= 15 is 0 Å². The summed E-state index contributed by atoms with van der Waals surface area (Å²) in [5, 5.41) is 19.5. The average molecular weight is 497 g/mol. The molecule has 0 spiro atoms. The molecule has 4 N–H and O–H groups in total. The molecule has 2 aliphatic rings. The summed E-state index contributed by atoms with van der Waals surface area (Å²) in [5.74, 6) is 0.698. The zero-order chi connectivity index (χ0) is 24.7. The fraction of sp³-hybridized carbons (Fsp3) is 0.609. The van der Waals surface area contributed by atoms with Gasteiger partial charge in [0.25, 0.3) is 0 Å². The molecule has 0 aromatic carbocycles. The van der Waals surface area contributed by atoms with Crippen molar-refractivity contribution in [1.82, 2.24) is 20.3 Å². The number of thiazole rings is 1. The van der Waals surface area contributed by atoms with Gasteiger partial charge in [-0.2, -0.15) is 18.2 Å². The first-order valence-electron chi connectivity index (χ1n) is 11.5. The molecule has 2 aromatic heterocycles. The number of anilines is 2. The number of aliphatic hydroxyl groups excluding tert-OH is 1. The highest BCUT2D eigenvalue weighted by Gasteiger charge is 2.43. The van der Waals surface area contributed by atoms with Gasteiger partial charge in [-0.3, -0.25) is 0 Å². The van der Waals surface area contributed by atoms with E-state index in [9.17, 15) is 18.3 Å². The van der Waals surface area contributed by atoms with Crippen LogP contribution in [0.1, 0.15) is 49.4 Å². The minimum atomic E-state index is -4.38. The van der Waals surface area contributed by atoms with Gasteiger partial charge < -0.3 is 21.1 Å². The van der Waals surface area contributed by atoms with E-state index < -0.39 is 12.7 Å². The third kappa shape index (κ3) is 5.00. The van der Waals surface area contributed by atoms with Crippen LogP contribution in [0.2, 0.25) is 0 Å². The van der Waals surface area contributed by atoms with Crippen LogP contribution >= 0.6 is 11.3 Å². The fourth-order valence-electron chi connectivity index (χ4n) is 4.80. The van der Waals surface area contributed by atoms with Gasteiger partial charge in [-0.05, 0) is 57.4 Å². The summed E-state index contributed by atoms with van der Waals surface area (Å²) in [4.78, 5) is 14.8. The van der Waals surface area contributed by atoms with Crippen LogP contribution in [0.5, 0.6) is 0 Å². The second kappa shape index (κ2) is 9.33. The number of aryl methyl sites for hydroxylation is 2. The molecule has 4 rings (SSSR count). The average Bonchev–Trinajstić information content (AvgIpc) is 3.31. The Morgan fingerprint density at radius 1 is 1.24 bits per heavy atom. The van der Waals surface area contributed by atoms with Crippen LogP contribution < -0.4 is 16.0 Å². The molecule has 0 amide bonds. The highest BCUT2D eigenvalue weighted by atomic mass is 32.1. The first kappa shape index (κ1) is 24.7. The number of allylic oxidation sites excluding steroid dienone is 1. The van der Waals surface area contributed by atoms with Crippen molar-refractivity contribution in [2.75, 3.05) is 30.8 Å². The van der Waals surface area contributed by atoms with E-state index in [1.807, 2.05) is 13.1 Å². The normalized spacial score (nSPS) is 24.5. The van der Waals surface area contributed by atoms with E-state index in [0.717, 1.165) is 42.1 Å². The van der Waals surface area contributed by atoms with Crippen LogP contribution in [0, 0.1) is 18.8 Å². The van der Waals surface area contributed by atoms with Crippen molar-refractivity contribution < 1.29 is 18.3 Å². The summed E-state index contributed by atoms with van der Waals surface area (Å²) in [6.07, 6.45) is 1.12.